The third-order valence-corrected chi connectivity index (χ3v) is 3.60. The van der Waals surface area contributed by atoms with E-state index in [1.165, 1.54) is 11.3 Å². The van der Waals surface area contributed by atoms with Crippen molar-refractivity contribution in [2.45, 2.75) is 12.8 Å². The number of carbonyl (C=O) groups is 1. The van der Waals surface area contributed by atoms with Crippen LogP contribution in [0.15, 0.2) is 24.3 Å². The van der Waals surface area contributed by atoms with Gasteiger partial charge < -0.3 is 4.74 Å². The van der Waals surface area contributed by atoms with E-state index in [4.69, 9.17) is 10.00 Å². The summed E-state index contributed by atoms with van der Waals surface area (Å²) in [6.45, 7) is 0. The van der Waals surface area contributed by atoms with Crippen LogP contribution in [0.3, 0.4) is 0 Å². The Morgan fingerprint density at radius 2 is 2.29 bits per heavy atom. The molecular weight excluding hydrogens is 234 g/mol. The number of rotatable bonds is 4. The van der Waals surface area contributed by atoms with E-state index in [-0.39, 0.29) is 12.2 Å². The molecule has 0 spiro atoms. The number of nitrogens with zero attached hydrogens (tertiary/aromatic N) is 1. The fourth-order valence-corrected chi connectivity index (χ4v) is 2.63. The van der Waals surface area contributed by atoms with E-state index in [0.717, 1.165) is 15.8 Å². The topological polar surface area (TPSA) is 50.1 Å². The lowest BCUT2D eigenvalue weighted by molar-refractivity contribution is 0.0988. The highest BCUT2D eigenvalue weighted by atomic mass is 32.1. The van der Waals surface area contributed by atoms with E-state index in [1.54, 1.807) is 7.11 Å². The Balaban J connectivity index is 2.31. The zero-order chi connectivity index (χ0) is 12.3. The first-order valence-electron chi connectivity index (χ1n) is 5.22. The monoisotopic (exact) mass is 245 g/mol. The second-order valence-electron chi connectivity index (χ2n) is 3.60. The third kappa shape index (κ3) is 2.45. The van der Waals surface area contributed by atoms with Crippen molar-refractivity contribution in [2.75, 3.05) is 7.11 Å². The first-order chi connectivity index (χ1) is 8.24. The van der Waals surface area contributed by atoms with Crippen molar-refractivity contribution in [1.82, 2.24) is 0 Å². The Bertz CT molecular complexity index is 595. The number of ether oxygens (including phenoxy) is 1. The average Bonchev–Trinajstić information content (AvgIpc) is 2.78. The fraction of sp³-hybridized carbons (Fsp3) is 0.231. The standard InChI is InChI=1S/C13H11NO2S/c1-16-10-5-4-9-7-13(17-12(9)8-10)11(15)3-2-6-14/h4-5,7-8H,2-3H2,1H3. The van der Waals surface area contributed by atoms with Crippen LogP contribution in [0.25, 0.3) is 10.1 Å². The van der Waals surface area contributed by atoms with Crippen LogP contribution in [-0.2, 0) is 0 Å². The normalized spacial score (nSPS) is 10.1. The van der Waals surface area contributed by atoms with Gasteiger partial charge in [0.15, 0.2) is 5.78 Å². The Labute approximate surface area is 103 Å². The fourth-order valence-electron chi connectivity index (χ4n) is 1.57. The summed E-state index contributed by atoms with van der Waals surface area (Å²) >= 11 is 1.45. The Morgan fingerprint density at radius 1 is 1.47 bits per heavy atom. The van der Waals surface area contributed by atoms with Crippen LogP contribution in [-0.4, -0.2) is 12.9 Å². The molecule has 2 aromatic rings. The number of nitriles is 1. The van der Waals surface area contributed by atoms with Gasteiger partial charge in [-0.2, -0.15) is 5.26 Å². The zero-order valence-electron chi connectivity index (χ0n) is 9.40. The summed E-state index contributed by atoms with van der Waals surface area (Å²) < 4.78 is 6.17. The van der Waals surface area contributed by atoms with Gasteiger partial charge in [0.1, 0.15) is 5.75 Å². The number of carbonyl (C=O) groups excluding carboxylic acids is 1. The van der Waals surface area contributed by atoms with E-state index >= 15 is 0 Å². The molecule has 0 saturated carbocycles. The molecule has 86 valence electrons. The molecule has 1 heterocycles. The highest BCUT2D eigenvalue weighted by molar-refractivity contribution is 7.20. The van der Waals surface area contributed by atoms with Gasteiger partial charge in [-0.15, -0.1) is 11.3 Å². The van der Waals surface area contributed by atoms with Gasteiger partial charge in [0, 0.05) is 17.5 Å². The van der Waals surface area contributed by atoms with Gasteiger partial charge in [0.05, 0.1) is 18.1 Å². The first kappa shape index (κ1) is 11.6. The molecule has 3 nitrogen and oxygen atoms in total. The van der Waals surface area contributed by atoms with Crippen LogP contribution < -0.4 is 4.74 Å². The van der Waals surface area contributed by atoms with Gasteiger partial charge in [-0.05, 0) is 29.7 Å². The lowest BCUT2D eigenvalue weighted by atomic mass is 10.2. The van der Waals surface area contributed by atoms with Crippen molar-refractivity contribution in [2.24, 2.45) is 0 Å². The second kappa shape index (κ2) is 4.98. The molecule has 17 heavy (non-hydrogen) atoms. The molecule has 0 radical (unpaired) electrons. The van der Waals surface area contributed by atoms with E-state index < -0.39 is 0 Å². The second-order valence-corrected chi connectivity index (χ2v) is 4.68. The van der Waals surface area contributed by atoms with Crippen LogP contribution in [0.1, 0.15) is 22.5 Å². The summed E-state index contributed by atoms with van der Waals surface area (Å²) in [6, 6.07) is 9.59. The molecule has 1 aromatic carbocycles. The van der Waals surface area contributed by atoms with Gasteiger partial charge in [0.25, 0.3) is 0 Å². The molecule has 0 N–H and O–H groups in total. The number of ketones is 1. The predicted molar refractivity (Wildman–Crippen MR) is 67.6 cm³/mol. The van der Waals surface area contributed by atoms with Crippen LogP contribution in [0.2, 0.25) is 0 Å². The summed E-state index contributed by atoms with van der Waals surface area (Å²) in [6.07, 6.45) is 0.566. The summed E-state index contributed by atoms with van der Waals surface area (Å²) in [7, 11) is 1.62. The minimum Gasteiger partial charge on any atom is -0.497 e. The summed E-state index contributed by atoms with van der Waals surface area (Å²) in [5.41, 5.74) is 0. The Morgan fingerprint density at radius 3 is 3.00 bits per heavy atom. The third-order valence-electron chi connectivity index (χ3n) is 2.47. The van der Waals surface area contributed by atoms with Crippen LogP contribution in [0.5, 0.6) is 5.75 Å². The molecule has 1 aromatic heterocycles. The summed E-state index contributed by atoms with van der Waals surface area (Å²) in [4.78, 5) is 12.5. The smallest absolute Gasteiger partial charge is 0.173 e. The van der Waals surface area contributed by atoms with E-state index in [1.807, 2.05) is 30.3 Å². The van der Waals surface area contributed by atoms with E-state index in [9.17, 15) is 4.79 Å². The minimum absolute atomic E-state index is 0.0340. The average molecular weight is 245 g/mol. The molecular formula is C13H11NO2S. The molecule has 0 atom stereocenters. The maximum atomic E-state index is 11.8. The highest BCUT2D eigenvalue weighted by Gasteiger charge is 2.10. The molecule has 0 fully saturated rings. The van der Waals surface area contributed by atoms with Crippen LogP contribution in [0.4, 0.5) is 0 Å². The van der Waals surface area contributed by atoms with Gasteiger partial charge in [-0.25, -0.2) is 0 Å². The van der Waals surface area contributed by atoms with Crippen molar-refractivity contribution in [1.29, 1.82) is 5.26 Å². The Kier molecular flexibility index (Phi) is 3.40. The van der Waals surface area contributed by atoms with Crippen molar-refractivity contribution >= 4 is 27.2 Å². The maximum absolute atomic E-state index is 11.8. The molecule has 0 aliphatic carbocycles. The van der Waals surface area contributed by atoms with Gasteiger partial charge in [0.2, 0.25) is 0 Å². The number of hydrogen-bond donors (Lipinski definition) is 0. The lowest BCUT2D eigenvalue weighted by Crippen LogP contribution is -1.93. The van der Waals surface area contributed by atoms with E-state index in [2.05, 4.69) is 0 Å². The molecule has 0 amide bonds. The quantitative estimate of drug-likeness (QED) is 0.776. The van der Waals surface area contributed by atoms with Crippen LogP contribution in [0, 0.1) is 11.3 Å². The summed E-state index contributed by atoms with van der Waals surface area (Å²) in [5, 5.41) is 9.49. The first-order valence-corrected chi connectivity index (χ1v) is 6.04. The number of hydrogen-bond acceptors (Lipinski definition) is 4. The maximum Gasteiger partial charge on any atom is 0.173 e. The number of fused-ring (bicyclic) bond motifs is 1. The molecule has 4 heteroatoms. The number of benzene rings is 1. The molecule has 0 aliphatic rings. The SMILES string of the molecule is COc1ccc2cc(C(=O)CCC#N)sc2c1. The number of methoxy groups -OCH3 is 1. The zero-order valence-corrected chi connectivity index (χ0v) is 10.2. The number of Topliss-reactive ketones (excluding diaryl/α,β-unsaturated/α-hetero) is 1. The number of thiophene rings is 1. The van der Waals surface area contributed by atoms with Crippen molar-refractivity contribution < 1.29 is 9.53 Å². The summed E-state index contributed by atoms with van der Waals surface area (Å²) in [5.74, 6) is 0.821. The molecule has 0 unspecified atom stereocenters. The van der Waals surface area contributed by atoms with E-state index in [0.29, 0.717) is 11.3 Å². The van der Waals surface area contributed by atoms with Crippen LogP contribution >= 0.6 is 11.3 Å². The van der Waals surface area contributed by atoms with Gasteiger partial charge in [-0.3, -0.25) is 4.79 Å². The minimum atomic E-state index is 0.0340. The molecule has 0 saturated heterocycles. The predicted octanol–water partition coefficient (Wildman–Crippen LogP) is 3.40. The lowest BCUT2D eigenvalue weighted by Gasteiger charge is -1.97. The van der Waals surface area contributed by atoms with Crippen molar-refractivity contribution in [3.8, 4) is 11.8 Å². The molecule has 0 aliphatic heterocycles. The van der Waals surface area contributed by atoms with Gasteiger partial charge >= 0.3 is 0 Å². The highest BCUT2D eigenvalue weighted by Crippen LogP contribution is 2.29. The molecule has 2 rings (SSSR count). The van der Waals surface area contributed by atoms with Crippen molar-refractivity contribution in [3.05, 3.63) is 29.1 Å². The Hall–Kier alpha value is -1.86. The van der Waals surface area contributed by atoms with Gasteiger partial charge in [-0.1, -0.05) is 0 Å². The van der Waals surface area contributed by atoms with Crippen molar-refractivity contribution in [3.63, 3.8) is 0 Å². The molecule has 0 bridgehead atoms. The largest absolute Gasteiger partial charge is 0.497 e.